The van der Waals surface area contributed by atoms with Crippen LogP contribution in [0.25, 0.3) is 0 Å². The van der Waals surface area contributed by atoms with E-state index in [1.54, 1.807) is 6.92 Å². The normalized spacial score (nSPS) is 21.0. The monoisotopic (exact) mass is 260 g/mol. The van der Waals surface area contributed by atoms with E-state index in [2.05, 4.69) is 5.32 Å². The molecular weight excluding hydrogens is 232 g/mol. The lowest BCUT2D eigenvalue weighted by atomic mass is 10.1. The maximum atomic E-state index is 10.0. The number of ether oxygens (including phenoxy) is 1. The molecule has 0 aliphatic heterocycles. The molecule has 0 aromatic rings. The highest BCUT2D eigenvalue weighted by atomic mass is 16.5. The molecule has 3 N–H and O–H groups in total. The van der Waals surface area contributed by atoms with Crippen LogP contribution in [0.3, 0.4) is 0 Å². The molecule has 1 saturated carbocycles. The maximum absolute atomic E-state index is 10.0. The molecule has 0 heterocycles. The Morgan fingerprint density at radius 3 is 2.67 bits per heavy atom. The van der Waals surface area contributed by atoms with Crippen LogP contribution in [0.4, 0.5) is 0 Å². The number of hydrogen-bond donors (Lipinski definition) is 3. The highest BCUT2D eigenvalue weighted by molar-refractivity contribution is 4.78. The van der Waals surface area contributed by atoms with Gasteiger partial charge >= 0.3 is 0 Å². The van der Waals surface area contributed by atoms with Crippen LogP contribution in [0, 0.1) is 5.92 Å². The summed E-state index contributed by atoms with van der Waals surface area (Å²) < 4.78 is 5.41. The molecule has 1 aliphatic carbocycles. The molecule has 0 saturated heterocycles. The topological polar surface area (TPSA) is 65.0 Å². The molecule has 5 nitrogen and oxygen atoms in total. The SMILES string of the molecule is CN(C)CC(C)(O)CNCC(O)COCC1CC1. The van der Waals surface area contributed by atoms with Crippen molar-refractivity contribution in [2.75, 3.05) is 46.9 Å². The van der Waals surface area contributed by atoms with Crippen molar-refractivity contribution in [3.8, 4) is 0 Å². The van der Waals surface area contributed by atoms with E-state index in [-0.39, 0.29) is 0 Å². The first-order valence-corrected chi connectivity index (χ1v) is 6.73. The number of nitrogens with one attached hydrogen (secondary N) is 1. The lowest BCUT2D eigenvalue weighted by Gasteiger charge is -2.27. The smallest absolute Gasteiger partial charge is 0.0897 e. The number of rotatable bonds is 10. The Kier molecular flexibility index (Phi) is 6.52. The summed E-state index contributed by atoms with van der Waals surface area (Å²) in [4.78, 5) is 1.94. The van der Waals surface area contributed by atoms with E-state index < -0.39 is 11.7 Å². The Bertz CT molecular complexity index is 230. The van der Waals surface area contributed by atoms with Crippen molar-refractivity contribution in [3.63, 3.8) is 0 Å². The Hall–Kier alpha value is -0.200. The van der Waals surface area contributed by atoms with Crippen molar-refractivity contribution in [2.45, 2.75) is 31.5 Å². The molecule has 1 aliphatic rings. The van der Waals surface area contributed by atoms with E-state index >= 15 is 0 Å². The highest BCUT2D eigenvalue weighted by Crippen LogP contribution is 2.28. The largest absolute Gasteiger partial charge is 0.389 e. The Labute approximate surface area is 110 Å². The molecule has 18 heavy (non-hydrogen) atoms. The van der Waals surface area contributed by atoms with Gasteiger partial charge in [0.05, 0.1) is 18.3 Å². The summed E-state index contributed by atoms with van der Waals surface area (Å²) in [5.74, 6) is 0.728. The molecule has 5 heteroatoms. The van der Waals surface area contributed by atoms with Crippen LogP contribution in [-0.4, -0.2) is 73.8 Å². The first kappa shape index (κ1) is 15.9. The van der Waals surface area contributed by atoms with Crippen LogP contribution < -0.4 is 5.32 Å². The van der Waals surface area contributed by atoms with Gasteiger partial charge in [-0.2, -0.15) is 0 Å². The summed E-state index contributed by atoms with van der Waals surface area (Å²) >= 11 is 0. The number of nitrogens with zero attached hydrogens (tertiary/aromatic N) is 1. The zero-order chi connectivity index (χ0) is 13.6. The first-order chi connectivity index (χ1) is 8.39. The fourth-order valence-corrected chi connectivity index (χ4v) is 1.96. The van der Waals surface area contributed by atoms with Gasteiger partial charge in [-0.3, -0.25) is 0 Å². The second kappa shape index (κ2) is 7.40. The molecule has 2 atom stereocenters. The average molecular weight is 260 g/mol. The van der Waals surface area contributed by atoms with Crippen LogP contribution in [-0.2, 0) is 4.74 Å². The third-order valence-electron chi connectivity index (χ3n) is 2.90. The van der Waals surface area contributed by atoms with E-state index in [9.17, 15) is 10.2 Å². The number of hydrogen-bond acceptors (Lipinski definition) is 5. The van der Waals surface area contributed by atoms with Crippen LogP contribution >= 0.6 is 0 Å². The summed E-state index contributed by atoms with van der Waals surface area (Å²) in [5.41, 5.74) is -0.780. The summed E-state index contributed by atoms with van der Waals surface area (Å²) in [7, 11) is 3.85. The van der Waals surface area contributed by atoms with Crippen molar-refractivity contribution < 1.29 is 14.9 Å². The predicted octanol–water partition coefficient (Wildman–Crippen LogP) is -0.324. The van der Waals surface area contributed by atoms with Gasteiger partial charge in [-0.05, 0) is 39.8 Å². The number of aliphatic hydroxyl groups is 2. The van der Waals surface area contributed by atoms with Gasteiger partial charge in [0.15, 0.2) is 0 Å². The van der Waals surface area contributed by atoms with Crippen LogP contribution in [0.2, 0.25) is 0 Å². The maximum Gasteiger partial charge on any atom is 0.0897 e. The summed E-state index contributed by atoms with van der Waals surface area (Å²) in [5, 5.41) is 22.8. The lowest BCUT2D eigenvalue weighted by molar-refractivity contribution is 0.0159. The fourth-order valence-electron chi connectivity index (χ4n) is 1.96. The molecule has 2 unspecified atom stereocenters. The van der Waals surface area contributed by atoms with Gasteiger partial charge in [0.1, 0.15) is 0 Å². The van der Waals surface area contributed by atoms with Crippen molar-refractivity contribution in [3.05, 3.63) is 0 Å². The zero-order valence-corrected chi connectivity index (χ0v) is 11.9. The summed E-state index contributed by atoms with van der Waals surface area (Å²) in [6.45, 7) is 4.44. The van der Waals surface area contributed by atoms with Crippen LogP contribution in [0.1, 0.15) is 19.8 Å². The van der Waals surface area contributed by atoms with Gasteiger partial charge in [0, 0.05) is 26.2 Å². The van der Waals surface area contributed by atoms with E-state index in [0.29, 0.717) is 26.2 Å². The van der Waals surface area contributed by atoms with E-state index in [0.717, 1.165) is 12.5 Å². The van der Waals surface area contributed by atoms with Gasteiger partial charge in [0.2, 0.25) is 0 Å². The number of likely N-dealkylation sites (N-methyl/N-ethyl adjacent to an activating group) is 1. The first-order valence-electron chi connectivity index (χ1n) is 6.73. The Morgan fingerprint density at radius 2 is 2.11 bits per heavy atom. The minimum absolute atomic E-state index is 0.374. The van der Waals surface area contributed by atoms with Crippen molar-refractivity contribution in [2.24, 2.45) is 5.92 Å². The molecule has 0 aromatic heterocycles. The Balaban J connectivity index is 2.00. The van der Waals surface area contributed by atoms with Crippen LogP contribution in [0.5, 0.6) is 0 Å². The lowest BCUT2D eigenvalue weighted by Crippen LogP contribution is -2.47. The number of aliphatic hydroxyl groups excluding tert-OH is 1. The minimum Gasteiger partial charge on any atom is -0.389 e. The standard InChI is InChI=1S/C13H28N2O3/c1-13(17,10-15(2)3)9-14-6-12(16)8-18-7-11-4-5-11/h11-12,14,16-17H,4-10H2,1-3H3. The average Bonchev–Trinajstić information content (AvgIpc) is 2.99. The Morgan fingerprint density at radius 1 is 1.44 bits per heavy atom. The van der Waals surface area contributed by atoms with E-state index in [4.69, 9.17) is 4.74 Å². The second-order valence-corrected chi connectivity index (χ2v) is 6.00. The molecule has 0 radical (unpaired) electrons. The third-order valence-corrected chi connectivity index (χ3v) is 2.90. The van der Waals surface area contributed by atoms with Crippen molar-refractivity contribution in [1.82, 2.24) is 10.2 Å². The quantitative estimate of drug-likeness (QED) is 0.502. The summed E-state index contributed by atoms with van der Waals surface area (Å²) in [6.07, 6.45) is 2.03. The van der Waals surface area contributed by atoms with Crippen LogP contribution in [0.15, 0.2) is 0 Å². The molecular formula is C13H28N2O3. The summed E-state index contributed by atoms with van der Waals surface area (Å²) in [6, 6.07) is 0. The molecule has 1 rings (SSSR count). The zero-order valence-electron chi connectivity index (χ0n) is 11.9. The van der Waals surface area contributed by atoms with Gasteiger partial charge in [-0.1, -0.05) is 0 Å². The molecule has 0 bridgehead atoms. The van der Waals surface area contributed by atoms with Gasteiger partial charge in [-0.15, -0.1) is 0 Å². The third kappa shape index (κ3) is 8.00. The van der Waals surface area contributed by atoms with Crippen molar-refractivity contribution >= 4 is 0 Å². The molecule has 108 valence electrons. The minimum atomic E-state index is -0.780. The fraction of sp³-hybridized carbons (Fsp3) is 1.00. The second-order valence-electron chi connectivity index (χ2n) is 6.00. The van der Waals surface area contributed by atoms with Gasteiger partial charge in [0.25, 0.3) is 0 Å². The van der Waals surface area contributed by atoms with Gasteiger partial charge < -0.3 is 25.2 Å². The van der Waals surface area contributed by atoms with E-state index in [1.807, 2.05) is 19.0 Å². The molecule has 0 amide bonds. The highest BCUT2D eigenvalue weighted by Gasteiger charge is 2.22. The van der Waals surface area contributed by atoms with E-state index in [1.165, 1.54) is 12.8 Å². The molecule has 0 aromatic carbocycles. The molecule has 0 spiro atoms. The van der Waals surface area contributed by atoms with Gasteiger partial charge in [-0.25, -0.2) is 0 Å². The molecule has 1 fully saturated rings. The van der Waals surface area contributed by atoms with Crippen molar-refractivity contribution in [1.29, 1.82) is 0 Å². The predicted molar refractivity (Wildman–Crippen MR) is 71.6 cm³/mol.